The summed E-state index contributed by atoms with van der Waals surface area (Å²) >= 11 is 0. The zero-order valence-corrected chi connectivity index (χ0v) is 18.9. The summed E-state index contributed by atoms with van der Waals surface area (Å²) in [7, 11) is 4.72. The van der Waals surface area contributed by atoms with E-state index in [0.29, 0.717) is 18.2 Å². The van der Waals surface area contributed by atoms with E-state index < -0.39 is 12.1 Å². The molecule has 0 aromatic heterocycles. The molecule has 1 atom stereocenters. The summed E-state index contributed by atoms with van der Waals surface area (Å²) < 4.78 is 6.98. The van der Waals surface area contributed by atoms with Gasteiger partial charge in [0, 0.05) is 46.0 Å². The van der Waals surface area contributed by atoms with Crippen LogP contribution in [-0.2, 0) is 9.59 Å². The fourth-order valence-corrected chi connectivity index (χ4v) is 4.35. The molecule has 0 spiro atoms. The molecule has 0 saturated carbocycles. The molecule has 0 N–H and O–H groups in total. The minimum absolute atomic E-state index is 0.0571. The molecule has 2 fully saturated rings. The van der Waals surface area contributed by atoms with Gasteiger partial charge in [0.15, 0.2) is 5.78 Å². The first-order chi connectivity index (χ1) is 15.3. The van der Waals surface area contributed by atoms with Crippen LogP contribution in [0.25, 0.3) is 0 Å². The molecule has 2 saturated heterocycles. The van der Waals surface area contributed by atoms with Gasteiger partial charge in [0.25, 0.3) is 17.8 Å². The summed E-state index contributed by atoms with van der Waals surface area (Å²) in [6.07, 6.45) is 0. The van der Waals surface area contributed by atoms with E-state index in [1.54, 1.807) is 18.7 Å². The lowest BCUT2D eigenvalue weighted by molar-refractivity contribution is -0.524. The van der Waals surface area contributed by atoms with E-state index in [1.165, 1.54) is 18.9 Å². The van der Waals surface area contributed by atoms with Crippen LogP contribution in [0.1, 0.15) is 6.92 Å². The molecule has 1 aromatic carbocycles. The first kappa shape index (κ1) is 21.9. The van der Waals surface area contributed by atoms with Crippen molar-refractivity contribution in [3.8, 4) is 5.75 Å². The minimum Gasteiger partial charge on any atom is -0.497 e. The number of methoxy groups -OCH3 is 1. The Morgan fingerprint density at radius 1 is 1.09 bits per heavy atom. The zero-order valence-electron chi connectivity index (χ0n) is 18.9. The van der Waals surface area contributed by atoms with Gasteiger partial charge in [-0.3, -0.25) is 24.3 Å². The van der Waals surface area contributed by atoms with E-state index in [-0.39, 0.29) is 18.2 Å². The van der Waals surface area contributed by atoms with Gasteiger partial charge >= 0.3 is 11.9 Å². The van der Waals surface area contributed by atoms with E-state index in [9.17, 15) is 14.4 Å². The molecule has 0 aliphatic carbocycles. The van der Waals surface area contributed by atoms with Crippen LogP contribution in [0.4, 0.5) is 10.5 Å². The Hall–Kier alpha value is -3.27. The number of carbonyl (C=O) groups excluding carboxylic acids is 3. The van der Waals surface area contributed by atoms with Crippen LogP contribution < -0.4 is 9.64 Å². The van der Waals surface area contributed by atoms with Gasteiger partial charge in [0.2, 0.25) is 0 Å². The first-order valence-electron chi connectivity index (χ1n) is 10.7. The standard InChI is InChI=1S/C22H29N6O4/c1-15(29)13-28-18(23-20-19(28)21(30)25(3)22(31)24(20)2)14-26-9-11-27(12-10-26)16-5-7-17(32-4)8-6-16/h5-8,19H,9-14H2,1-4H3/q+1. The van der Waals surface area contributed by atoms with Crippen LogP contribution in [0.15, 0.2) is 29.3 Å². The van der Waals surface area contributed by atoms with Crippen molar-refractivity contribution in [3.63, 3.8) is 0 Å². The number of amides is 3. The van der Waals surface area contributed by atoms with Crippen molar-refractivity contribution in [3.05, 3.63) is 24.3 Å². The number of carbonyl (C=O) groups is 3. The fourth-order valence-electron chi connectivity index (χ4n) is 4.35. The molecule has 0 bridgehead atoms. The number of imide groups is 1. The van der Waals surface area contributed by atoms with Gasteiger partial charge in [-0.15, -0.1) is 0 Å². The van der Waals surface area contributed by atoms with Crippen LogP contribution in [0, 0.1) is 0 Å². The molecular weight excluding hydrogens is 412 g/mol. The maximum atomic E-state index is 12.8. The van der Waals surface area contributed by atoms with Crippen molar-refractivity contribution in [2.45, 2.75) is 13.0 Å². The summed E-state index contributed by atoms with van der Waals surface area (Å²) in [6, 6.07) is 6.88. The average molecular weight is 442 g/mol. The number of ketones is 1. The quantitative estimate of drug-likeness (QED) is 0.583. The highest BCUT2D eigenvalue weighted by Gasteiger charge is 2.53. The molecule has 3 aliphatic rings. The minimum atomic E-state index is -0.734. The van der Waals surface area contributed by atoms with Gasteiger partial charge in [-0.05, 0) is 36.2 Å². The summed E-state index contributed by atoms with van der Waals surface area (Å²) in [5, 5.41) is 0. The smallest absolute Gasteiger partial charge is 0.333 e. The number of anilines is 1. The lowest BCUT2D eigenvalue weighted by Gasteiger charge is -2.35. The number of aliphatic imine (C=N–C) groups is 1. The number of likely N-dealkylation sites (N-methyl/N-ethyl adjacent to an activating group) is 2. The van der Waals surface area contributed by atoms with Gasteiger partial charge in [-0.1, -0.05) is 0 Å². The number of rotatable bonds is 6. The van der Waals surface area contributed by atoms with Crippen molar-refractivity contribution in [2.75, 3.05) is 65.4 Å². The molecule has 0 radical (unpaired) electrons. The van der Waals surface area contributed by atoms with E-state index >= 15 is 0 Å². The second kappa shape index (κ2) is 8.70. The Morgan fingerprint density at radius 2 is 1.75 bits per heavy atom. The Bertz CT molecular complexity index is 994. The topological polar surface area (TPSA) is 88.8 Å². The Kier molecular flexibility index (Phi) is 5.96. The summed E-state index contributed by atoms with van der Waals surface area (Å²) in [5.41, 5.74) is 1.15. The predicted octanol–water partition coefficient (Wildman–Crippen LogP) is 0.122. The van der Waals surface area contributed by atoms with E-state index in [1.807, 2.05) is 12.1 Å². The molecule has 1 unspecified atom stereocenters. The summed E-state index contributed by atoms with van der Waals surface area (Å²) in [5.74, 6) is 1.47. The van der Waals surface area contributed by atoms with E-state index in [0.717, 1.165) is 42.5 Å². The largest absolute Gasteiger partial charge is 0.497 e. The number of benzene rings is 1. The Balaban J connectivity index is 1.49. The van der Waals surface area contributed by atoms with Gasteiger partial charge in [0.05, 0.1) is 7.11 Å². The number of urea groups is 1. The Labute approximate surface area is 187 Å². The number of piperazine rings is 1. The van der Waals surface area contributed by atoms with Gasteiger partial charge < -0.3 is 9.64 Å². The number of fused-ring (bicyclic) bond motifs is 1. The number of nitrogens with zero attached hydrogens (tertiary/aromatic N) is 6. The molecule has 32 heavy (non-hydrogen) atoms. The zero-order chi connectivity index (χ0) is 23.0. The monoisotopic (exact) mass is 441 g/mol. The highest BCUT2D eigenvalue weighted by molar-refractivity contribution is 6.23. The SMILES string of the molecule is COc1ccc(N2CCN(CC3=[N+](CC(C)=O)C4C(=O)N(C)C(=O)N(C)C4=N3)CC2)cc1. The van der Waals surface area contributed by atoms with Crippen LogP contribution in [0.3, 0.4) is 0 Å². The molecule has 3 amide bonds. The molecule has 4 rings (SSSR count). The van der Waals surface area contributed by atoms with Gasteiger partial charge in [-0.2, -0.15) is 0 Å². The molecule has 10 heteroatoms. The third kappa shape index (κ3) is 3.97. The maximum absolute atomic E-state index is 12.8. The van der Waals surface area contributed by atoms with Crippen LogP contribution in [0.2, 0.25) is 0 Å². The van der Waals surface area contributed by atoms with Crippen LogP contribution >= 0.6 is 0 Å². The van der Waals surface area contributed by atoms with E-state index in [4.69, 9.17) is 4.74 Å². The predicted molar refractivity (Wildman–Crippen MR) is 120 cm³/mol. The highest BCUT2D eigenvalue weighted by atomic mass is 16.5. The van der Waals surface area contributed by atoms with Gasteiger partial charge in [-0.25, -0.2) is 9.37 Å². The number of ether oxygens (including phenoxy) is 1. The number of Topliss-reactive ketones (excluding diaryl/α,β-unsaturated/α-hetero) is 1. The summed E-state index contributed by atoms with van der Waals surface area (Å²) in [4.78, 5) is 48.9. The van der Waals surface area contributed by atoms with Crippen molar-refractivity contribution in [1.29, 1.82) is 0 Å². The van der Waals surface area contributed by atoms with E-state index in [2.05, 4.69) is 26.9 Å². The third-order valence-electron chi connectivity index (χ3n) is 6.18. The lowest BCUT2D eigenvalue weighted by atomic mass is 10.1. The third-order valence-corrected chi connectivity index (χ3v) is 6.18. The normalized spacial score (nSPS) is 21.8. The molecule has 10 nitrogen and oxygen atoms in total. The van der Waals surface area contributed by atoms with Crippen LogP contribution in [0.5, 0.6) is 5.75 Å². The number of hydrogen-bond donors (Lipinski definition) is 0. The first-order valence-corrected chi connectivity index (χ1v) is 10.7. The molecular formula is C22H29N6O4+. The Morgan fingerprint density at radius 3 is 2.34 bits per heavy atom. The molecule has 170 valence electrons. The second-order valence-corrected chi connectivity index (χ2v) is 8.32. The number of hydrogen-bond acceptors (Lipinski definition) is 7. The van der Waals surface area contributed by atoms with Crippen LogP contribution in [-0.4, -0.2) is 115 Å². The second-order valence-electron chi connectivity index (χ2n) is 8.32. The van der Waals surface area contributed by atoms with Gasteiger partial charge in [0.1, 0.15) is 18.8 Å². The average Bonchev–Trinajstić information content (AvgIpc) is 3.14. The fraction of sp³-hybridized carbons (Fsp3) is 0.500. The molecule has 3 aliphatic heterocycles. The molecule has 1 aromatic rings. The number of amidine groups is 2. The molecule has 3 heterocycles. The summed E-state index contributed by atoms with van der Waals surface area (Å²) in [6.45, 7) is 5.44. The highest BCUT2D eigenvalue weighted by Crippen LogP contribution is 2.22. The maximum Gasteiger partial charge on any atom is 0.333 e. The van der Waals surface area contributed by atoms with Crippen molar-refractivity contribution in [2.24, 2.45) is 4.99 Å². The lowest BCUT2D eigenvalue weighted by Crippen LogP contribution is -2.61. The van der Waals surface area contributed by atoms with Crippen molar-refractivity contribution in [1.82, 2.24) is 14.7 Å². The van der Waals surface area contributed by atoms with Crippen molar-refractivity contribution < 1.29 is 23.7 Å². The van der Waals surface area contributed by atoms with Crippen molar-refractivity contribution >= 4 is 35.1 Å².